The third-order valence-electron chi connectivity index (χ3n) is 3.52. The van der Waals surface area contributed by atoms with Crippen LogP contribution in [0.15, 0.2) is 78.9 Å². The van der Waals surface area contributed by atoms with Crippen molar-refractivity contribution in [2.75, 3.05) is 5.32 Å². The van der Waals surface area contributed by atoms with Gasteiger partial charge in [-0.15, -0.1) is 0 Å². The van der Waals surface area contributed by atoms with Crippen LogP contribution in [0, 0.1) is 23.2 Å². The number of nitriles is 1. The number of hydrogen-bond donors (Lipinski definition) is 1. The second-order valence-corrected chi connectivity index (χ2v) is 5.34. The third kappa shape index (κ3) is 4.34. The summed E-state index contributed by atoms with van der Waals surface area (Å²) in [6.07, 6.45) is 0. The topological polar surface area (TPSA) is 52.9 Å². The Kier molecular flexibility index (Phi) is 4.90. The molecule has 0 unspecified atom stereocenters. The van der Waals surface area contributed by atoms with Crippen LogP contribution in [0.1, 0.15) is 27.0 Å². The molecule has 0 aromatic heterocycles. The van der Waals surface area contributed by atoms with Crippen molar-refractivity contribution in [1.29, 1.82) is 5.26 Å². The lowest BCUT2D eigenvalue weighted by atomic mass is 10.1. The lowest BCUT2D eigenvalue weighted by Gasteiger charge is -2.05. The first-order chi connectivity index (χ1) is 12.2. The molecular formula is C22H14N2O. The molecule has 0 bridgehead atoms. The summed E-state index contributed by atoms with van der Waals surface area (Å²) in [5.74, 6) is 5.96. The molecule has 3 nitrogen and oxygen atoms in total. The predicted molar refractivity (Wildman–Crippen MR) is 98.0 cm³/mol. The molecule has 3 aromatic carbocycles. The highest BCUT2D eigenvalue weighted by molar-refractivity contribution is 6.04. The average molecular weight is 322 g/mol. The van der Waals surface area contributed by atoms with Crippen LogP contribution in [-0.4, -0.2) is 5.91 Å². The molecule has 25 heavy (non-hydrogen) atoms. The predicted octanol–water partition coefficient (Wildman–Crippen LogP) is 4.21. The summed E-state index contributed by atoms with van der Waals surface area (Å²) in [5, 5.41) is 11.6. The van der Waals surface area contributed by atoms with E-state index in [1.807, 2.05) is 60.7 Å². The largest absolute Gasteiger partial charge is 0.322 e. The van der Waals surface area contributed by atoms with Crippen molar-refractivity contribution in [1.82, 2.24) is 0 Å². The van der Waals surface area contributed by atoms with Gasteiger partial charge in [-0.2, -0.15) is 5.26 Å². The zero-order valence-electron chi connectivity index (χ0n) is 13.4. The molecule has 1 N–H and O–H groups in total. The monoisotopic (exact) mass is 322 g/mol. The Morgan fingerprint density at radius 3 is 2.16 bits per heavy atom. The van der Waals surface area contributed by atoms with Gasteiger partial charge in [-0.1, -0.05) is 36.1 Å². The SMILES string of the molecule is N#Cc1ccc(C(=O)Nc2cccc(C#Cc3ccccc3)c2)cc1. The van der Waals surface area contributed by atoms with Crippen LogP contribution in [0.25, 0.3) is 0 Å². The maximum Gasteiger partial charge on any atom is 0.255 e. The number of carbonyl (C=O) groups excluding carboxylic acids is 1. The van der Waals surface area contributed by atoms with Crippen molar-refractivity contribution >= 4 is 11.6 Å². The minimum atomic E-state index is -0.224. The van der Waals surface area contributed by atoms with Gasteiger partial charge in [-0.25, -0.2) is 0 Å². The van der Waals surface area contributed by atoms with Crippen molar-refractivity contribution in [2.24, 2.45) is 0 Å². The quantitative estimate of drug-likeness (QED) is 0.719. The zero-order valence-corrected chi connectivity index (χ0v) is 13.4. The smallest absolute Gasteiger partial charge is 0.255 e. The van der Waals surface area contributed by atoms with Gasteiger partial charge in [0.1, 0.15) is 0 Å². The van der Waals surface area contributed by atoms with Crippen LogP contribution >= 0.6 is 0 Å². The van der Waals surface area contributed by atoms with E-state index in [9.17, 15) is 4.79 Å². The summed E-state index contributed by atoms with van der Waals surface area (Å²) in [4.78, 5) is 12.3. The van der Waals surface area contributed by atoms with Gasteiger partial charge in [0.25, 0.3) is 5.91 Å². The Balaban J connectivity index is 1.74. The van der Waals surface area contributed by atoms with Gasteiger partial charge in [0.05, 0.1) is 11.6 Å². The fourth-order valence-corrected chi connectivity index (χ4v) is 2.24. The molecule has 3 rings (SSSR count). The number of amides is 1. The Bertz CT molecular complexity index is 988. The maximum absolute atomic E-state index is 12.3. The Hall–Kier alpha value is -3.82. The molecule has 0 saturated heterocycles. The number of rotatable bonds is 2. The maximum atomic E-state index is 12.3. The molecular weight excluding hydrogens is 308 g/mol. The van der Waals surface area contributed by atoms with E-state index in [1.54, 1.807) is 24.3 Å². The summed E-state index contributed by atoms with van der Waals surface area (Å²) in [7, 11) is 0. The van der Waals surface area contributed by atoms with E-state index in [0.717, 1.165) is 11.1 Å². The Labute approximate surface area is 146 Å². The van der Waals surface area contributed by atoms with Crippen molar-refractivity contribution in [3.05, 3.63) is 101 Å². The molecule has 1 amide bonds. The third-order valence-corrected chi connectivity index (χ3v) is 3.52. The summed E-state index contributed by atoms with van der Waals surface area (Å²) >= 11 is 0. The van der Waals surface area contributed by atoms with Crippen molar-refractivity contribution < 1.29 is 4.79 Å². The van der Waals surface area contributed by atoms with Crippen molar-refractivity contribution in [3.8, 4) is 17.9 Å². The summed E-state index contributed by atoms with van der Waals surface area (Å²) in [5.41, 5.74) is 3.46. The number of carbonyl (C=O) groups is 1. The molecule has 0 atom stereocenters. The number of benzene rings is 3. The molecule has 3 aromatic rings. The van der Waals surface area contributed by atoms with Gasteiger partial charge < -0.3 is 5.32 Å². The van der Waals surface area contributed by atoms with E-state index in [2.05, 4.69) is 17.2 Å². The molecule has 118 valence electrons. The van der Waals surface area contributed by atoms with E-state index in [0.29, 0.717) is 16.8 Å². The minimum Gasteiger partial charge on any atom is -0.322 e. The average Bonchev–Trinajstić information content (AvgIpc) is 2.67. The van der Waals surface area contributed by atoms with Gasteiger partial charge in [-0.3, -0.25) is 4.79 Å². The lowest BCUT2D eigenvalue weighted by Crippen LogP contribution is -2.11. The molecule has 0 spiro atoms. The molecule has 0 fully saturated rings. The van der Waals surface area contributed by atoms with Crippen LogP contribution < -0.4 is 5.32 Å². The first kappa shape index (κ1) is 16.1. The molecule has 0 radical (unpaired) electrons. The summed E-state index contributed by atoms with van der Waals surface area (Å²) in [6, 6.07) is 25.7. The van der Waals surface area contributed by atoms with Gasteiger partial charge in [0, 0.05) is 22.4 Å². The standard InChI is InChI=1S/C22H14N2O/c23-16-19-11-13-20(14-12-19)22(25)24-21-8-4-7-18(15-21)10-9-17-5-2-1-3-6-17/h1-8,11-15H,(H,24,25). The fraction of sp³-hybridized carbons (Fsp3) is 0. The van der Waals surface area contributed by atoms with E-state index >= 15 is 0 Å². The Morgan fingerprint density at radius 2 is 1.44 bits per heavy atom. The first-order valence-electron chi connectivity index (χ1n) is 7.73. The van der Waals surface area contributed by atoms with Crippen LogP contribution in [0.2, 0.25) is 0 Å². The molecule has 0 heterocycles. The number of anilines is 1. The van der Waals surface area contributed by atoms with Gasteiger partial charge in [0.2, 0.25) is 0 Å². The van der Waals surface area contributed by atoms with Crippen molar-refractivity contribution in [2.45, 2.75) is 0 Å². The first-order valence-corrected chi connectivity index (χ1v) is 7.73. The number of hydrogen-bond acceptors (Lipinski definition) is 2. The van der Waals surface area contributed by atoms with Gasteiger partial charge in [-0.05, 0) is 54.6 Å². The summed E-state index contributed by atoms with van der Waals surface area (Å²) in [6.45, 7) is 0. The summed E-state index contributed by atoms with van der Waals surface area (Å²) < 4.78 is 0. The van der Waals surface area contributed by atoms with Crippen LogP contribution in [-0.2, 0) is 0 Å². The van der Waals surface area contributed by atoms with E-state index in [-0.39, 0.29) is 5.91 Å². The zero-order chi connectivity index (χ0) is 17.5. The fourth-order valence-electron chi connectivity index (χ4n) is 2.24. The lowest BCUT2D eigenvalue weighted by molar-refractivity contribution is 0.102. The van der Waals surface area contributed by atoms with Gasteiger partial charge >= 0.3 is 0 Å². The Morgan fingerprint density at radius 1 is 0.760 bits per heavy atom. The highest BCUT2D eigenvalue weighted by Crippen LogP contribution is 2.12. The molecule has 0 aliphatic carbocycles. The number of nitrogens with zero attached hydrogens (tertiary/aromatic N) is 1. The second-order valence-electron chi connectivity index (χ2n) is 5.34. The van der Waals surface area contributed by atoms with Crippen LogP contribution in [0.3, 0.4) is 0 Å². The normalized spacial score (nSPS) is 9.40. The minimum absolute atomic E-state index is 0.224. The van der Waals surface area contributed by atoms with E-state index in [1.165, 1.54) is 0 Å². The van der Waals surface area contributed by atoms with E-state index in [4.69, 9.17) is 5.26 Å². The molecule has 3 heteroatoms. The molecule has 0 aliphatic heterocycles. The van der Waals surface area contributed by atoms with E-state index < -0.39 is 0 Å². The highest BCUT2D eigenvalue weighted by Gasteiger charge is 2.06. The van der Waals surface area contributed by atoms with Gasteiger partial charge in [0.15, 0.2) is 0 Å². The van der Waals surface area contributed by atoms with Crippen LogP contribution in [0.4, 0.5) is 5.69 Å². The van der Waals surface area contributed by atoms with Crippen molar-refractivity contribution in [3.63, 3.8) is 0 Å². The number of nitrogens with one attached hydrogen (secondary N) is 1. The van der Waals surface area contributed by atoms with Crippen LogP contribution in [0.5, 0.6) is 0 Å². The molecule has 0 aliphatic rings. The molecule has 0 saturated carbocycles. The highest BCUT2D eigenvalue weighted by atomic mass is 16.1. The second kappa shape index (κ2) is 7.64.